The largest absolute Gasteiger partial charge is 0.370 e. The van der Waals surface area contributed by atoms with Gasteiger partial charge in [-0.15, -0.1) is 0 Å². The van der Waals surface area contributed by atoms with Gasteiger partial charge in [-0.2, -0.15) is 0 Å². The molecular weight excluding hydrogens is 220 g/mol. The Morgan fingerprint density at radius 1 is 1.11 bits per heavy atom. The van der Waals surface area contributed by atoms with Crippen molar-refractivity contribution in [2.24, 2.45) is 0 Å². The van der Waals surface area contributed by atoms with E-state index in [1.165, 1.54) is 22.1 Å². The third kappa shape index (κ3) is 2.47. The monoisotopic (exact) mass is 242 g/mol. The van der Waals surface area contributed by atoms with Gasteiger partial charge in [0, 0.05) is 11.9 Å². The fraction of sp³-hybridized carbons (Fsp3) is 0.438. The van der Waals surface area contributed by atoms with Crippen molar-refractivity contribution in [1.82, 2.24) is 4.98 Å². The summed E-state index contributed by atoms with van der Waals surface area (Å²) in [5.41, 5.74) is 4.99. The Labute approximate surface area is 109 Å². The van der Waals surface area contributed by atoms with E-state index in [1.807, 2.05) is 0 Å². The highest BCUT2D eigenvalue weighted by molar-refractivity contribution is 5.85. The number of nitrogens with one attached hydrogen (secondary N) is 1. The maximum absolute atomic E-state index is 4.81. The van der Waals surface area contributed by atoms with Crippen LogP contribution in [0.1, 0.15) is 37.0 Å². The average Bonchev–Trinajstić information content (AvgIpc) is 2.35. The van der Waals surface area contributed by atoms with E-state index in [0.29, 0.717) is 0 Å². The van der Waals surface area contributed by atoms with Crippen LogP contribution in [-0.4, -0.2) is 11.5 Å². The lowest BCUT2D eigenvalue weighted by atomic mass is 10.0. The maximum Gasteiger partial charge on any atom is 0.129 e. The number of fused-ring (bicyclic) bond motifs is 1. The first-order valence-electron chi connectivity index (χ1n) is 6.80. The Kier molecular flexibility index (Phi) is 3.85. The van der Waals surface area contributed by atoms with Gasteiger partial charge in [-0.1, -0.05) is 25.5 Å². The van der Waals surface area contributed by atoms with E-state index in [0.717, 1.165) is 30.7 Å². The lowest BCUT2D eigenvalue weighted by Crippen LogP contribution is -2.05. The second kappa shape index (κ2) is 5.38. The van der Waals surface area contributed by atoms with E-state index >= 15 is 0 Å². The quantitative estimate of drug-likeness (QED) is 0.867. The first-order chi connectivity index (χ1) is 8.65. The van der Waals surface area contributed by atoms with Crippen LogP contribution in [0.15, 0.2) is 18.2 Å². The van der Waals surface area contributed by atoms with Crippen molar-refractivity contribution in [2.75, 3.05) is 11.9 Å². The Morgan fingerprint density at radius 2 is 1.89 bits per heavy atom. The van der Waals surface area contributed by atoms with Gasteiger partial charge in [0.15, 0.2) is 0 Å². The number of anilines is 1. The summed E-state index contributed by atoms with van der Waals surface area (Å²) >= 11 is 0. The Hall–Kier alpha value is -1.57. The average molecular weight is 242 g/mol. The summed E-state index contributed by atoms with van der Waals surface area (Å²) < 4.78 is 0. The molecular formula is C16H22N2. The first-order valence-corrected chi connectivity index (χ1v) is 6.80. The number of benzene rings is 1. The molecule has 2 rings (SSSR count). The zero-order valence-corrected chi connectivity index (χ0v) is 11.8. The predicted molar refractivity (Wildman–Crippen MR) is 79.4 cm³/mol. The smallest absolute Gasteiger partial charge is 0.129 e. The Bertz CT molecular complexity index is 559. The van der Waals surface area contributed by atoms with Crippen LogP contribution < -0.4 is 5.32 Å². The number of aromatic nitrogens is 1. The number of hydrogen-bond acceptors (Lipinski definition) is 2. The Balaban J connectivity index is 2.57. The van der Waals surface area contributed by atoms with Crippen LogP contribution in [-0.2, 0) is 6.42 Å². The molecule has 2 aromatic rings. The summed E-state index contributed by atoms with van der Waals surface area (Å²) in [5, 5.41) is 4.69. The van der Waals surface area contributed by atoms with Crippen molar-refractivity contribution in [3.8, 4) is 0 Å². The van der Waals surface area contributed by atoms with Crippen LogP contribution in [0.2, 0.25) is 0 Å². The fourth-order valence-corrected chi connectivity index (χ4v) is 2.36. The summed E-state index contributed by atoms with van der Waals surface area (Å²) in [6.45, 7) is 9.62. The van der Waals surface area contributed by atoms with E-state index in [4.69, 9.17) is 4.98 Å². The molecule has 0 atom stereocenters. The zero-order chi connectivity index (χ0) is 13.1. The van der Waals surface area contributed by atoms with Crippen LogP contribution in [0, 0.1) is 13.8 Å². The first kappa shape index (κ1) is 12.9. The zero-order valence-electron chi connectivity index (χ0n) is 11.8. The minimum atomic E-state index is 0.983. The molecule has 1 N–H and O–H groups in total. The molecule has 1 aromatic heterocycles. The molecule has 96 valence electrons. The van der Waals surface area contributed by atoms with Gasteiger partial charge in [0.2, 0.25) is 0 Å². The number of hydrogen-bond donors (Lipinski definition) is 1. The van der Waals surface area contributed by atoms with E-state index in [9.17, 15) is 0 Å². The molecule has 0 aliphatic heterocycles. The molecule has 0 radical (unpaired) electrons. The molecule has 0 unspecified atom stereocenters. The summed E-state index contributed by atoms with van der Waals surface area (Å²) in [6, 6.07) is 6.70. The van der Waals surface area contributed by atoms with Crippen molar-refractivity contribution < 1.29 is 0 Å². The van der Waals surface area contributed by atoms with Gasteiger partial charge in [-0.05, 0) is 49.9 Å². The van der Waals surface area contributed by atoms with E-state index < -0.39 is 0 Å². The van der Waals surface area contributed by atoms with Crippen molar-refractivity contribution in [1.29, 1.82) is 0 Å². The summed E-state index contributed by atoms with van der Waals surface area (Å²) in [4.78, 5) is 4.81. The van der Waals surface area contributed by atoms with Crippen molar-refractivity contribution in [3.63, 3.8) is 0 Å². The van der Waals surface area contributed by atoms with Crippen LogP contribution in [0.25, 0.3) is 10.9 Å². The SMILES string of the molecule is CCCNc1nc2c(C)cc(C)cc2cc1CC. The molecule has 18 heavy (non-hydrogen) atoms. The highest BCUT2D eigenvalue weighted by atomic mass is 15.0. The lowest BCUT2D eigenvalue weighted by molar-refractivity contribution is 0.961. The molecule has 0 amide bonds. The number of aryl methyl sites for hydroxylation is 3. The number of rotatable bonds is 4. The minimum Gasteiger partial charge on any atom is -0.370 e. The molecule has 0 fully saturated rings. The standard InChI is InChI=1S/C16H22N2/c1-5-7-17-16-13(6-2)10-14-9-11(3)8-12(4)15(14)18-16/h8-10H,5-7H2,1-4H3,(H,17,18). The van der Waals surface area contributed by atoms with Crippen LogP contribution in [0.4, 0.5) is 5.82 Å². The van der Waals surface area contributed by atoms with E-state index in [1.54, 1.807) is 0 Å². The normalized spacial score (nSPS) is 10.9. The second-order valence-electron chi connectivity index (χ2n) is 4.93. The summed E-state index contributed by atoms with van der Waals surface area (Å²) in [6.07, 6.45) is 2.14. The molecule has 0 aliphatic rings. The minimum absolute atomic E-state index is 0.983. The lowest BCUT2D eigenvalue weighted by Gasteiger charge is -2.12. The molecule has 1 aromatic carbocycles. The topological polar surface area (TPSA) is 24.9 Å². The second-order valence-corrected chi connectivity index (χ2v) is 4.93. The molecule has 0 bridgehead atoms. The number of nitrogens with zero attached hydrogens (tertiary/aromatic N) is 1. The van der Waals surface area contributed by atoms with Gasteiger partial charge < -0.3 is 5.32 Å². The number of pyridine rings is 1. The summed E-state index contributed by atoms with van der Waals surface area (Å²) in [7, 11) is 0. The van der Waals surface area contributed by atoms with Crippen molar-refractivity contribution in [3.05, 3.63) is 34.9 Å². The maximum atomic E-state index is 4.81. The highest BCUT2D eigenvalue weighted by Gasteiger charge is 2.07. The third-order valence-corrected chi connectivity index (χ3v) is 3.26. The van der Waals surface area contributed by atoms with Gasteiger partial charge >= 0.3 is 0 Å². The van der Waals surface area contributed by atoms with Gasteiger partial charge in [0.1, 0.15) is 5.82 Å². The highest BCUT2D eigenvalue weighted by Crippen LogP contribution is 2.24. The molecule has 0 saturated heterocycles. The Morgan fingerprint density at radius 3 is 2.56 bits per heavy atom. The van der Waals surface area contributed by atoms with Crippen LogP contribution in [0.5, 0.6) is 0 Å². The molecule has 2 heteroatoms. The predicted octanol–water partition coefficient (Wildman–Crippen LogP) is 4.24. The van der Waals surface area contributed by atoms with Crippen LogP contribution >= 0.6 is 0 Å². The van der Waals surface area contributed by atoms with Crippen molar-refractivity contribution >= 4 is 16.7 Å². The molecule has 2 nitrogen and oxygen atoms in total. The molecule has 1 heterocycles. The fourth-order valence-electron chi connectivity index (χ4n) is 2.36. The van der Waals surface area contributed by atoms with E-state index in [2.05, 4.69) is 51.2 Å². The third-order valence-electron chi connectivity index (χ3n) is 3.26. The van der Waals surface area contributed by atoms with Gasteiger partial charge in [-0.3, -0.25) is 0 Å². The van der Waals surface area contributed by atoms with Gasteiger partial charge in [0.05, 0.1) is 5.52 Å². The van der Waals surface area contributed by atoms with Gasteiger partial charge in [0.25, 0.3) is 0 Å². The molecule has 0 aliphatic carbocycles. The van der Waals surface area contributed by atoms with E-state index in [-0.39, 0.29) is 0 Å². The molecule has 0 saturated carbocycles. The van der Waals surface area contributed by atoms with Crippen molar-refractivity contribution in [2.45, 2.75) is 40.5 Å². The van der Waals surface area contributed by atoms with Crippen LogP contribution in [0.3, 0.4) is 0 Å². The molecule has 0 spiro atoms. The van der Waals surface area contributed by atoms with Gasteiger partial charge in [-0.25, -0.2) is 4.98 Å². The summed E-state index contributed by atoms with van der Waals surface area (Å²) in [5.74, 6) is 1.05.